The third-order valence-corrected chi connectivity index (χ3v) is 5.65. The van der Waals surface area contributed by atoms with Crippen LogP contribution in [0.4, 0.5) is 4.39 Å². The monoisotopic (exact) mass is 415 g/mol. The molecule has 0 fully saturated rings. The third-order valence-electron chi connectivity index (χ3n) is 5.65. The highest BCUT2D eigenvalue weighted by molar-refractivity contribution is 5.95. The summed E-state index contributed by atoms with van der Waals surface area (Å²) in [6, 6.07) is 15.8. The van der Waals surface area contributed by atoms with E-state index in [1.165, 1.54) is 12.1 Å². The van der Waals surface area contributed by atoms with E-state index in [0.29, 0.717) is 36.2 Å². The van der Waals surface area contributed by atoms with E-state index >= 15 is 0 Å². The molecule has 156 valence electrons. The van der Waals surface area contributed by atoms with Gasteiger partial charge in [0.05, 0.1) is 18.3 Å². The van der Waals surface area contributed by atoms with Crippen molar-refractivity contribution in [1.82, 2.24) is 20.0 Å². The van der Waals surface area contributed by atoms with E-state index in [-0.39, 0.29) is 11.5 Å². The number of aromatic nitrogens is 4. The van der Waals surface area contributed by atoms with Gasteiger partial charge in [0.15, 0.2) is 0 Å². The van der Waals surface area contributed by atoms with Gasteiger partial charge >= 0.3 is 0 Å². The van der Waals surface area contributed by atoms with E-state index in [2.05, 4.69) is 21.4 Å². The molecule has 0 aliphatic carbocycles. The van der Waals surface area contributed by atoms with Crippen molar-refractivity contribution < 1.29 is 9.50 Å². The molecule has 7 heteroatoms. The van der Waals surface area contributed by atoms with Crippen LogP contribution in [0.2, 0.25) is 0 Å². The Kier molecular flexibility index (Phi) is 5.49. The lowest BCUT2D eigenvalue weighted by Crippen LogP contribution is -2.23. The molecule has 31 heavy (non-hydrogen) atoms. The predicted molar refractivity (Wildman–Crippen MR) is 115 cm³/mol. The lowest BCUT2D eigenvalue weighted by Gasteiger charge is -2.21. The molecule has 0 aliphatic rings. The Bertz CT molecular complexity index is 1290. The molecule has 1 N–H and O–H groups in total. The Labute approximate surface area is 179 Å². The fourth-order valence-corrected chi connectivity index (χ4v) is 3.71. The number of aliphatic hydroxyl groups is 1. The number of nitriles is 1. The summed E-state index contributed by atoms with van der Waals surface area (Å²) >= 11 is 0. The fraction of sp³-hybridized carbons (Fsp3) is 0.250. The molecule has 0 amide bonds. The average Bonchev–Trinajstić information content (AvgIpc) is 3.26. The van der Waals surface area contributed by atoms with Crippen molar-refractivity contribution in [3.8, 4) is 17.2 Å². The smallest absolute Gasteiger partial charge is 0.141 e. The van der Waals surface area contributed by atoms with Gasteiger partial charge in [-0.1, -0.05) is 43.3 Å². The van der Waals surface area contributed by atoms with Crippen molar-refractivity contribution in [1.29, 1.82) is 5.26 Å². The molecular weight excluding hydrogens is 393 g/mol. The number of pyridine rings is 1. The molecule has 0 bridgehead atoms. The van der Waals surface area contributed by atoms with E-state index in [1.54, 1.807) is 23.0 Å². The third kappa shape index (κ3) is 4.03. The van der Waals surface area contributed by atoms with E-state index in [1.807, 2.05) is 38.1 Å². The maximum Gasteiger partial charge on any atom is 0.141 e. The van der Waals surface area contributed by atoms with Crippen molar-refractivity contribution in [3.63, 3.8) is 0 Å². The Balaban J connectivity index is 1.72. The number of hydrogen-bond donors (Lipinski definition) is 1. The van der Waals surface area contributed by atoms with E-state index in [0.717, 1.165) is 16.5 Å². The van der Waals surface area contributed by atoms with Crippen molar-refractivity contribution >= 4 is 10.9 Å². The lowest BCUT2D eigenvalue weighted by molar-refractivity contribution is 0.0239. The van der Waals surface area contributed by atoms with Crippen LogP contribution in [0.5, 0.6) is 0 Å². The molecule has 0 spiro atoms. The minimum Gasteiger partial charge on any atom is -0.383 e. The zero-order valence-electron chi connectivity index (χ0n) is 17.4. The predicted octanol–water partition coefficient (Wildman–Crippen LogP) is 4.56. The first-order chi connectivity index (χ1) is 15.0. The van der Waals surface area contributed by atoms with Gasteiger partial charge in [-0.3, -0.25) is 0 Å². The largest absolute Gasteiger partial charge is 0.383 e. The number of halogens is 1. The normalized spacial score (nSPS) is 11.6. The minimum atomic E-state index is -0.981. The highest BCUT2D eigenvalue weighted by atomic mass is 19.1. The molecule has 4 aromatic rings. The number of fused-ring (bicyclic) bond motifs is 1. The second-order valence-electron chi connectivity index (χ2n) is 7.57. The zero-order valence-corrected chi connectivity index (χ0v) is 17.4. The van der Waals surface area contributed by atoms with Crippen molar-refractivity contribution in [3.05, 3.63) is 77.5 Å². The molecule has 2 heterocycles. The highest BCUT2D eigenvalue weighted by Gasteiger charge is 2.28. The van der Waals surface area contributed by atoms with Crippen LogP contribution in [0, 0.1) is 17.1 Å². The maximum atomic E-state index is 13.8. The molecule has 2 aromatic carbocycles. The Morgan fingerprint density at radius 1 is 1.13 bits per heavy atom. The first-order valence-electron chi connectivity index (χ1n) is 10.2. The number of nitrogens with zero attached hydrogens (tertiary/aromatic N) is 5. The molecule has 0 radical (unpaired) electrons. The first kappa shape index (κ1) is 20.6. The molecule has 0 aliphatic heterocycles. The van der Waals surface area contributed by atoms with Crippen LogP contribution in [0.15, 0.2) is 54.7 Å². The summed E-state index contributed by atoms with van der Waals surface area (Å²) in [4.78, 5) is 4.44. The van der Waals surface area contributed by atoms with Gasteiger partial charge < -0.3 is 5.11 Å². The second kappa shape index (κ2) is 8.25. The quantitative estimate of drug-likeness (QED) is 0.499. The van der Waals surface area contributed by atoms with Gasteiger partial charge in [0.25, 0.3) is 0 Å². The maximum absolute atomic E-state index is 13.8. The van der Waals surface area contributed by atoms with Crippen LogP contribution >= 0.6 is 0 Å². The molecular formula is C24H22FN5O. The second-order valence-corrected chi connectivity index (χ2v) is 7.57. The van der Waals surface area contributed by atoms with E-state index in [4.69, 9.17) is 0 Å². The zero-order chi connectivity index (χ0) is 22.0. The van der Waals surface area contributed by atoms with Gasteiger partial charge in [-0.25, -0.2) is 14.1 Å². The van der Waals surface area contributed by atoms with Gasteiger partial charge in [0, 0.05) is 5.39 Å². The molecule has 4 rings (SSSR count). The van der Waals surface area contributed by atoms with E-state index in [9.17, 15) is 14.8 Å². The molecule has 0 atom stereocenters. The Morgan fingerprint density at radius 2 is 1.94 bits per heavy atom. The SMILES string of the molecule is CCC(O)(CC)c1cn(Cc2ccc3c(-c4cccc(F)c4)cc(C#N)nc3c2)nn1. The summed E-state index contributed by atoms with van der Waals surface area (Å²) in [6.07, 6.45) is 2.87. The van der Waals surface area contributed by atoms with Gasteiger partial charge in [-0.05, 0) is 53.8 Å². The van der Waals surface area contributed by atoms with Crippen LogP contribution < -0.4 is 0 Å². The van der Waals surface area contributed by atoms with Crippen LogP contribution in [-0.2, 0) is 12.1 Å². The van der Waals surface area contributed by atoms with E-state index < -0.39 is 5.60 Å². The highest BCUT2D eigenvalue weighted by Crippen LogP contribution is 2.30. The minimum absolute atomic E-state index is 0.267. The summed E-state index contributed by atoms with van der Waals surface area (Å²) in [5.41, 5.74) is 2.86. The van der Waals surface area contributed by atoms with Crippen LogP contribution in [0.3, 0.4) is 0 Å². The van der Waals surface area contributed by atoms with Crippen LogP contribution in [0.1, 0.15) is 43.6 Å². The van der Waals surface area contributed by atoms with Crippen molar-refractivity contribution in [2.24, 2.45) is 0 Å². The van der Waals surface area contributed by atoms with Crippen LogP contribution in [-0.4, -0.2) is 25.1 Å². The summed E-state index contributed by atoms with van der Waals surface area (Å²) in [5.74, 6) is -0.335. The van der Waals surface area contributed by atoms with Crippen LogP contribution in [0.25, 0.3) is 22.0 Å². The fourth-order valence-electron chi connectivity index (χ4n) is 3.71. The van der Waals surface area contributed by atoms with Crippen molar-refractivity contribution in [2.45, 2.75) is 38.8 Å². The summed E-state index contributed by atoms with van der Waals surface area (Å²) < 4.78 is 15.4. The number of benzene rings is 2. The summed E-state index contributed by atoms with van der Waals surface area (Å²) in [5, 5.41) is 29.2. The number of rotatable bonds is 6. The topological polar surface area (TPSA) is 87.6 Å². The Morgan fingerprint density at radius 3 is 2.65 bits per heavy atom. The van der Waals surface area contributed by atoms with Gasteiger partial charge in [0.1, 0.15) is 28.9 Å². The average molecular weight is 415 g/mol. The number of hydrogen-bond acceptors (Lipinski definition) is 5. The van der Waals surface area contributed by atoms with Gasteiger partial charge in [-0.15, -0.1) is 5.10 Å². The first-order valence-corrected chi connectivity index (χ1v) is 10.2. The summed E-state index contributed by atoms with van der Waals surface area (Å²) in [7, 11) is 0. The Hall–Kier alpha value is -3.63. The standard InChI is InChI=1S/C24H22FN5O/c1-3-24(31,4-2)23-15-30(29-28-23)14-16-8-9-20-21(17-6-5-7-18(25)11-17)12-19(13-26)27-22(20)10-16/h5-12,15,31H,3-4,14H2,1-2H3. The molecule has 0 unspecified atom stereocenters. The molecule has 0 saturated heterocycles. The van der Waals surface area contributed by atoms with Crippen molar-refractivity contribution in [2.75, 3.05) is 0 Å². The summed E-state index contributed by atoms with van der Waals surface area (Å²) in [6.45, 7) is 4.28. The molecule has 0 saturated carbocycles. The van der Waals surface area contributed by atoms with Gasteiger partial charge in [-0.2, -0.15) is 5.26 Å². The molecule has 6 nitrogen and oxygen atoms in total. The lowest BCUT2D eigenvalue weighted by atomic mass is 9.94. The molecule has 2 aromatic heterocycles. The van der Waals surface area contributed by atoms with Gasteiger partial charge in [0.2, 0.25) is 0 Å².